The standard InChI is InChI=1S/C22H25NO5S/c1-12-9-13(2)20(15(4)14(12)3)18(25)10-28-22(26)17-11-29-21(23(17)16(5)24)19-7-6-8-27-19/h6-9,17,21H,10-11H2,1-5H3/t17-,21+/m0/s1. The van der Waals surface area contributed by atoms with Gasteiger partial charge in [-0.15, -0.1) is 11.8 Å². The summed E-state index contributed by atoms with van der Waals surface area (Å²) in [5.41, 5.74) is 4.55. The van der Waals surface area contributed by atoms with Gasteiger partial charge in [0.1, 0.15) is 17.2 Å². The first kappa shape index (κ1) is 21.2. The van der Waals surface area contributed by atoms with Crippen molar-refractivity contribution in [3.8, 4) is 0 Å². The van der Waals surface area contributed by atoms with E-state index in [4.69, 9.17) is 9.15 Å². The molecule has 0 radical (unpaired) electrons. The third kappa shape index (κ3) is 4.10. The van der Waals surface area contributed by atoms with Crippen LogP contribution in [0.5, 0.6) is 0 Å². The molecule has 1 aromatic carbocycles. The molecule has 1 amide bonds. The van der Waals surface area contributed by atoms with Crippen molar-refractivity contribution in [3.05, 3.63) is 58.0 Å². The van der Waals surface area contributed by atoms with E-state index in [2.05, 4.69) is 0 Å². The molecule has 1 aromatic heterocycles. The first-order chi connectivity index (χ1) is 13.7. The fraction of sp³-hybridized carbons (Fsp3) is 0.409. The molecule has 0 N–H and O–H groups in total. The summed E-state index contributed by atoms with van der Waals surface area (Å²) in [6, 6.07) is 4.74. The molecular weight excluding hydrogens is 390 g/mol. The first-order valence-corrected chi connectivity index (χ1v) is 10.5. The highest BCUT2D eigenvalue weighted by Gasteiger charge is 2.43. The number of hydrogen-bond acceptors (Lipinski definition) is 6. The van der Waals surface area contributed by atoms with Gasteiger partial charge >= 0.3 is 5.97 Å². The fourth-order valence-electron chi connectivity index (χ4n) is 3.74. The van der Waals surface area contributed by atoms with Crippen LogP contribution in [-0.2, 0) is 14.3 Å². The van der Waals surface area contributed by atoms with Gasteiger partial charge < -0.3 is 14.1 Å². The number of esters is 1. The zero-order valence-corrected chi connectivity index (χ0v) is 18.1. The Balaban J connectivity index is 1.72. The van der Waals surface area contributed by atoms with Crippen molar-refractivity contribution in [1.29, 1.82) is 0 Å². The first-order valence-electron chi connectivity index (χ1n) is 9.43. The lowest BCUT2D eigenvalue weighted by atomic mass is 9.92. The summed E-state index contributed by atoms with van der Waals surface area (Å²) in [6.45, 7) is 8.84. The van der Waals surface area contributed by atoms with Crippen LogP contribution >= 0.6 is 11.8 Å². The van der Waals surface area contributed by atoms with Crippen molar-refractivity contribution in [1.82, 2.24) is 4.90 Å². The monoisotopic (exact) mass is 415 g/mol. The van der Waals surface area contributed by atoms with E-state index >= 15 is 0 Å². The van der Waals surface area contributed by atoms with Crippen molar-refractivity contribution in [2.24, 2.45) is 0 Å². The van der Waals surface area contributed by atoms with Crippen LogP contribution in [0.25, 0.3) is 0 Å². The summed E-state index contributed by atoms with van der Waals surface area (Å²) < 4.78 is 10.8. The maximum Gasteiger partial charge on any atom is 0.330 e. The minimum absolute atomic E-state index is 0.237. The Morgan fingerprint density at radius 2 is 1.90 bits per heavy atom. The predicted molar refractivity (Wildman–Crippen MR) is 111 cm³/mol. The Bertz CT molecular complexity index is 951. The van der Waals surface area contributed by atoms with Crippen LogP contribution in [0.2, 0.25) is 0 Å². The number of amides is 1. The fourth-order valence-corrected chi connectivity index (χ4v) is 5.16. The average Bonchev–Trinajstić information content (AvgIpc) is 3.33. The van der Waals surface area contributed by atoms with Gasteiger partial charge in [0, 0.05) is 18.2 Å². The van der Waals surface area contributed by atoms with E-state index in [1.165, 1.54) is 29.8 Å². The Morgan fingerprint density at radius 1 is 1.17 bits per heavy atom. The lowest BCUT2D eigenvalue weighted by Gasteiger charge is -2.25. The van der Waals surface area contributed by atoms with E-state index in [1.807, 2.05) is 33.8 Å². The third-order valence-corrected chi connectivity index (χ3v) is 6.69. The Hall–Kier alpha value is -2.54. The highest BCUT2D eigenvalue weighted by Crippen LogP contribution is 2.41. The van der Waals surface area contributed by atoms with Crippen molar-refractivity contribution >= 4 is 29.4 Å². The van der Waals surface area contributed by atoms with Gasteiger partial charge in [-0.2, -0.15) is 0 Å². The number of benzene rings is 1. The van der Waals surface area contributed by atoms with E-state index in [1.54, 1.807) is 12.1 Å². The zero-order chi connectivity index (χ0) is 21.3. The quantitative estimate of drug-likeness (QED) is 0.544. The van der Waals surface area contributed by atoms with Gasteiger partial charge in [0.05, 0.1) is 6.26 Å². The van der Waals surface area contributed by atoms with E-state index in [0.29, 0.717) is 17.1 Å². The topological polar surface area (TPSA) is 76.8 Å². The second-order valence-electron chi connectivity index (χ2n) is 7.31. The maximum absolute atomic E-state index is 12.8. The minimum atomic E-state index is -0.748. The zero-order valence-electron chi connectivity index (χ0n) is 17.3. The Labute approximate surface area is 174 Å². The summed E-state index contributed by atoms with van der Waals surface area (Å²) in [7, 11) is 0. The molecule has 0 unspecified atom stereocenters. The van der Waals surface area contributed by atoms with Gasteiger partial charge in [0.2, 0.25) is 11.7 Å². The molecule has 1 fully saturated rings. The van der Waals surface area contributed by atoms with E-state index in [9.17, 15) is 14.4 Å². The molecule has 3 rings (SSSR count). The summed E-state index contributed by atoms with van der Waals surface area (Å²) in [5, 5.41) is -0.375. The van der Waals surface area contributed by atoms with Crippen LogP contribution in [0.4, 0.5) is 0 Å². The predicted octanol–water partition coefficient (Wildman–Crippen LogP) is 3.90. The Kier molecular flexibility index (Phi) is 6.17. The summed E-state index contributed by atoms with van der Waals surface area (Å²) >= 11 is 1.44. The van der Waals surface area contributed by atoms with Crippen molar-refractivity contribution < 1.29 is 23.5 Å². The third-order valence-electron chi connectivity index (χ3n) is 5.40. The second-order valence-corrected chi connectivity index (χ2v) is 8.42. The van der Waals surface area contributed by atoms with Crippen molar-refractivity contribution in [2.75, 3.05) is 12.4 Å². The number of thioether (sulfide) groups is 1. The maximum atomic E-state index is 12.8. The van der Waals surface area contributed by atoms with Crippen molar-refractivity contribution in [2.45, 2.75) is 46.0 Å². The molecule has 6 nitrogen and oxygen atoms in total. The van der Waals surface area contributed by atoms with Gasteiger partial charge in [-0.05, 0) is 62.1 Å². The van der Waals surface area contributed by atoms with Crippen LogP contribution < -0.4 is 0 Å². The Morgan fingerprint density at radius 3 is 2.52 bits per heavy atom. The van der Waals surface area contributed by atoms with Crippen LogP contribution in [-0.4, -0.2) is 41.0 Å². The number of Topliss-reactive ketones (excluding diaryl/α,β-unsaturated/α-hetero) is 1. The highest BCUT2D eigenvalue weighted by atomic mass is 32.2. The molecule has 7 heteroatoms. The molecule has 1 aliphatic rings. The molecular formula is C22H25NO5S. The van der Waals surface area contributed by atoms with Crippen LogP contribution in [0.15, 0.2) is 28.9 Å². The van der Waals surface area contributed by atoms with E-state index in [0.717, 1.165) is 22.3 Å². The molecule has 0 aliphatic carbocycles. The minimum Gasteiger partial charge on any atom is -0.466 e. The number of ketones is 1. The smallest absolute Gasteiger partial charge is 0.330 e. The van der Waals surface area contributed by atoms with E-state index < -0.39 is 12.0 Å². The average molecular weight is 416 g/mol. The summed E-state index contributed by atoms with van der Waals surface area (Å²) in [4.78, 5) is 39.1. The van der Waals surface area contributed by atoms with Gasteiger partial charge in [-0.25, -0.2) is 4.79 Å². The molecule has 0 bridgehead atoms. The lowest BCUT2D eigenvalue weighted by molar-refractivity contribution is -0.152. The van der Waals surface area contributed by atoms with Crippen LogP contribution in [0.3, 0.4) is 0 Å². The van der Waals surface area contributed by atoms with Gasteiger partial charge in [0.15, 0.2) is 6.61 Å². The number of aryl methyl sites for hydroxylation is 2. The molecule has 2 atom stereocenters. The summed E-state index contributed by atoms with van der Waals surface area (Å²) in [6.07, 6.45) is 1.53. The number of rotatable bonds is 5. The molecule has 0 spiro atoms. The highest BCUT2D eigenvalue weighted by molar-refractivity contribution is 7.99. The number of ether oxygens (including phenoxy) is 1. The number of nitrogens with zero attached hydrogens (tertiary/aromatic N) is 1. The van der Waals surface area contributed by atoms with Crippen LogP contribution in [0.1, 0.15) is 50.7 Å². The van der Waals surface area contributed by atoms with Crippen LogP contribution in [0, 0.1) is 27.7 Å². The van der Waals surface area contributed by atoms with Gasteiger partial charge in [0.25, 0.3) is 0 Å². The molecule has 2 heterocycles. The molecule has 29 heavy (non-hydrogen) atoms. The second kappa shape index (κ2) is 8.45. The number of carbonyl (C=O) groups excluding carboxylic acids is 3. The lowest BCUT2D eigenvalue weighted by Crippen LogP contribution is -2.43. The molecule has 2 aromatic rings. The normalized spacial score (nSPS) is 18.7. The molecule has 0 saturated carbocycles. The number of hydrogen-bond donors (Lipinski definition) is 0. The molecule has 1 aliphatic heterocycles. The van der Waals surface area contributed by atoms with Gasteiger partial charge in [-0.1, -0.05) is 6.07 Å². The number of carbonyl (C=O) groups is 3. The number of furan rings is 1. The van der Waals surface area contributed by atoms with Gasteiger partial charge in [-0.3, -0.25) is 9.59 Å². The summed E-state index contributed by atoms with van der Waals surface area (Å²) in [5.74, 6) is -0.0589. The largest absolute Gasteiger partial charge is 0.466 e. The molecule has 154 valence electrons. The molecule has 1 saturated heterocycles. The SMILES string of the molecule is CC(=O)N1[C@@H](c2ccco2)SC[C@H]1C(=O)OCC(=O)c1c(C)cc(C)c(C)c1C. The van der Waals surface area contributed by atoms with E-state index in [-0.39, 0.29) is 23.7 Å². The van der Waals surface area contributed by atoms with Crippen molar-refractivity contribution in [3.63, 3.8) is 0 Å².